The zero-order chi connectivity index (χ0) is 17.1. The molecule has 0 amide bonds. The highest BCUT2D eigenvalue weighted by atomic mass is 16.5. The van der Waals surface area contributed by atoms with Gasteiger partial charge in [0.2, 0.25) is 0 Å². The van der Waals surface area contributed by atoms with Crippen LogP contribution in [0.25, 0.3) is 0 Å². The SMILES string of the molecule is CCCCCCOC(=O)c1ccc(C(=O)OCCC(C)C)cc1. The molecule has 0 aromatic heterocycles. The Morgan fingerprint density at radius 1 is 0.870 bits per heavy atom. The van der Waals surface area contributed by atoms with Gasteiger partial charge in [-0.3, -0.25) is 0 Å². The Balaban J connectivity index is 2.39. The van der Waals surface area contributed by atoms with E-state index in [0.717, 1.165) is 32.1 Å². The quantitative estimate of drug-likeness (QED) is 0.466. The fourth-order valence-electron chi connectivity index (χ4n) is 1.99. The summed E-state index contributed by atoms with van der Waals surface area (Å²) in [5.74, 6) is -0.205. The van der Waals surface area contributed by atoms with Crippen molar-refractivity contribution in [2.75, 3.05) is 13.2 Å². The molecule has 1 rings (SSSR count). The standard InChI is InChI=1S/C19H28O4/c1-4-5-6-7-13-22-18(20)16-8-10-17(11-9-16)19(21)23-14-12-15(2)3/h8-11,15H,4-7,12-14H2,1-3H3. The summed E-state index contributed by atoms with van der Waals surface area (Å²) < 4.78 is 10.4. The topological polar surface area (TPSA) is 52.6 Å². The van der Waals surface area contributed by atoms with Gasteiger partial charge in [-0.1, -0.05) is 40.0 Å². The maximum absolute atomic E-state index is 11.9. The van der Waals surface area contributed by atoms with Crippen LogP contribution in [0.3, 0.4) is 0 Å². The van der Waals surface area contributed by atoms with Crippen LogP contribution in [0.5, 0.6) is 0 Å². The molecule has 0 saturated carbocycles. The molecule has 0 aliphatic heterocycles. The number of ether oxygens (including phenoxy) is 2. The van der Waals surface area contributed by atoms with E-state index < -0.39 is 0 Å². The van der Waals surface area contributed by atoms with Crippen LogP contribution >= 0.6 is 0 Å². The summed E-state index contributed by atoms with van der Waals surface area (Å²) in [6, 6.07) is 6.41. The molecule has 1 aromatic carbocycles. The second-order valence-corrected chi connectivity index (χ2v) is 6.09. The summed E-state index contributed by atoms with van der Waals surface area (Å²) in [4.78, 5) is 23.7. The van der Waals surface area contributed by atoms with Crippen molar-refractivity contribution < 1.29 is 19.1 Å². The van der Waals surface area contributed by atoms with Crippen molar-refractivity contribution in [3.63, 3.8) is 0 Å². The molecule has 0 radical (unpaired) electrons. The first kappa shape index (κ1) is 19.2. The Labute approximate surface area is 139 Å². The summed E-state index contributed by atoms with van der Waals surface area (Å²) in [6.45, 7) is 7.16. The number of carbonyl (C=O) groups is 2. The summed E-state index contributed by atoms with van der Waals surface area (Å²) in [5.41, 5.74) is 0.910. The number of benzene rings is 1. The van der Waals surface area contributed by atoms with E-state index in [4.69, 9.17) is 9.47 Å². The van der Waals surface area contributed by atoms with Crippen molar-refractivity contribution in [1.82, 2.24) is 0 Å². The van der Waals surface area contributed by atoms with Crippen LogP contribution in [0, 0.1) is 5.92 Å². The van der Waals surface area contributed by atoms with Gasteiger partial charge < -0.3 is 9.47 Å². The van der Waals surface area contributed by atoms with Gasteiger partial charge in [0.05, 0.1) is 24.3 Å². The third kappa shape index (κ3) is 7.82. The lowest BCUT2D eigenvalue weighted by Gasteiger charge is -2.08. The summed E-state index contributed by atoms with van der Waals surface area (Å²) >= 11 is 0. The molecule has 0 atom stereocenters. The minimum absolute atomic E-state index is 0.346. The number of hydrogen-bond acceptors (Lipinski definition) is 4. The first-order valence-corrected chi connectivity index (χ1v) is 8.49. The van der Waals surface area contributed by atoms with Crippen molar-refractivity contribution in [3.8, 4) is 0 Å². The number of carbonyl (C=O) groups excluding carboxylic acids is 2. The van der Waals surface area contributed by atoms with Crippen LogP contribution in [-0.4, -0.2) is 25.2 Å². The Kier molecular flexibility index (Phi) is 9.03. The highest BCUT2D eigenvalue weighted by Gasteiger charge is 2.11. The molecule has 0 aliphatic rings. The van der Waals surface area contributed by atoms with Crippen LogP contribution in [-0.2, 0) is 9.47 Å². The molecule has 0 aliphatic carbocycles. The molecule has 0 bridgehead atoms. The molecule has 1 aromatic rings. The van der Waals surface area contributed by atoms with Crippen molar-refractivity contribution in [3.05, 3.63) is 35.4 Å². The molecule has 4 nitrogen and oxygen atoms in total. The number of hydrogen-bond donors (Lipinski definition) is 0. The van der Waals surface area contributed by atoms with Gasteiger partial charge in [-0.25, -0.2) is 9.59 Å². The van der Waals surface area contributed by atoms with Gasteiger partial charge in [0, 0.05) is 0 Å². The lowest BCUT2D eigenvalue weighted by atomic mass is 10.1. The van der Waals surface area contributed by atoms with Gasteiger partial charge in [-0.15, -0.1) is 0 Å². The molecule has 0 N–H and O–H groups in total. The lowest BCUT2D eigenvalue weighted by Crippen LogP contribution is -2.10. The average Bonchev–Trinajstić information content (AvgIpc) is 2.54. The van der Waals surface area contributed by atoms with Gasteiger partial charge in [0.15, 0.2) is 0 Å². The van der Waals surface area contributed by atoms with E-state index in [-0.39, 0.29) is 11.9 Å². The molecule has 0 heterocycles. The van der Waals surface area contributed by atoms with E-state index in [1.165, 1.54) is 0 Å². The predicted octanol–water partition coefficient (Wildman–Crippen LogP) is 4.63. The second kappa shape index (κ2) is 10.8. The van der Waals surface area contributed by atoms with Crippen molar-refractivity contribution in [2.24, 2.45) is 5.92 Å². The van der Waals surface area contributed by atoms with Crippen LogP contribution in [0.15, 0.2) is 24.3 Å². The summed E-state index contributed by atoms with van der Waals surface area (Å²) in [7, 11) is 0. The summed E-state index contributed by atoms with van der Waals surface area (Å²) in [6.07, 6.45) is 5.12. The van der Waals surface area contributed by atoms with E-state index in [2.05, 4.69) is 20.8 Å². The smallest absolute Gasteiger partial charge is 0.338 e. The fourth-order valence-corrected chi connectivity index (χ4v) is 1.99. The van der Waals surface area contributed by atoms with Gasteiger partial charge in [-0.05, 0) is 43.0 Å². The van der Waals surface area contributed by atoms with E-state index in [1.807, 2.05) is 0 Å². The van der Waals surface area contributed by atoms with Crippen LogP contribution in [0.4, 0.5) is 0 Å². The minimum Gasteiger partial charge on any atom is -0.462 e. The molecule has 128 valence electrons. The van der Waals surface area contributed by atoms with Crippen LogP contribution in [0.1, 0.15) is 73.6 Å². The van der Waals surface area contributed by atoms with Gasteiger partial charge in [0.1, 0.15) is 0 Å². The third-order valence-electron chi connectivity index (χ3n) is 3.52. The Bertz CT molecular complexity index is 477. The minimum atomic E-state index is -0.356. The van der Waals surface area contributed by atoms with Crippen molar-refractivity contribution in [1.29, 1.82) is 0 Å². The van der Waals surface area contributed by atoms with E-state index in [0.29, 0.717) is 30.3 Å². The molecule has 0 saturated heterocycles. The van der Waals surface area contributed by atoms with Crippen molar-refractivity contribution >= 4 is 11.9 Å². The Hall–Kier alpha value is -1.84. The van der Waals surface area contributed by atoms with Gasteiger partial charge in [0.25, 0.3) is 0 Å². The third-order valence-corrected chi connectivity index (χ3v) is 3.52. The van der Waals surface area contributed by atoms with Gasteiger partial charge >= 0.3 is 11.9 Å². The number of unbranched alkanes of at least 4 members (excludes halogenated alkanes) is 3. The van der Waals surface area contributed by atoms with Crippen LogP contribution in [0.2, 0.25) is 0 Å². The normalized spacial score (nSPS) is 10.6. The lowest BCUT2D eigenvalue weighted by molar-refractivity contribution is 0.0477. The highest BCUT2D eigenvalue weighted by molar-refractivity contribution is 5.93. The Morgan fingerprint density at radius 3 is 1.87 bits per heavy atom. The molecule has 4 heteroatoms. The molecular weight excluding hydrogens is 292 g/mol. The van der Waals surface area contributed by atoms with Crippen molar-refractivity contribution in [2.45, 2.75) is 52.9 Å². The molecule has 0 unspecified atom stereocenters. The average molecular weight is 320 g/mol. The monoisotopic (exact) mass is 320 g/mol. The maximum Gasteiger partial charge on any atom is 0.338 e. The molecule has 0 fully saturated rings. The molecule has 0 spiro atoms. The summed E-state index contributed by atoms with van der Waals surface area (Å²) in [5, 5.41) is 0. The number of esters is 2. The van der Waals surface area contributed by atoms with E-state index >= 15 is 0 Å². The van der Waals surface area contributed by atoms with E-state index in [1.54, 1.807) is 24.3 Å². The second-order valence-electron chi connectivity index (χ2n) is 6.09. The molecule has 23 heavy (non-hydrogen) atoms. The zero-order valence-corrected chi connectivity index (χ0v) is 14.5. The first-order valence-electron chi connectivity index (χ1n) is 8.49. The largest absolute Gasteiger partial charge is 0.462 e. The van der Waals surface area contributed by atoms with E-state index in [9.17, 15) is 9.59 Å². The first-order chi connectivity index (χ1) is 11.0. The maximum atomic E-state index is 11.9. The molecular formula is C19H28O4. The van der Waals surface area contributed by atoms with Gasteiger partial charge in [-0.2, -0.15) is 0 Å². The number of rotatable bonds is 10. The highest BCUT2D eigenvalue weighted by Crippen LogP contribution is 2.09. The zero-order valence-electron chi connectivity index (χ0n) is 14.5. The predicted molar refractivity (Wildman–Crippen MR) is 90.6 cm³/mol. The van der Waals surface area contributed by atoms with Crippen LogP contribution < -0.4 is 0 Å². The Morgan fingerprint density at radius 2 is 1.39 bits per heavy atom. The fraction of sp³-hybridized carbons (Fsp3) is 0.579.